The highest BCUT2D eigenvalue weighted by Gasteiger charge is 2.34. The minimum atomic E-state index is -0.0340. The van der Waals surface area contributed by atoms with E-state index >= 15 is 0 Å². The van der Waals surface area contributed by atoms with Crippen LogP contribution in [0.5, 0.6) is 5.75 Å². The van der Waals surface area contributed by atoms with Crippen LogP contribution in [0.25, 0.3) is 0 Å². The lowest BCUT2D eigenvalue weighted by Gasteiger charge is -2.22. The van der Waals surface area contributed by atoms with E-state index in [2.05, 4.69) is 6.92 Å². The van der Waals surface area contributed by atoms with E-state index in [1.807, 2.05) is 0 Å². The molecule has 1 saturated heterocycles. The summed E-state index contributed by atoms with van der Waals surface area (Å²) in [5.74, 6) is 0.502. The van der Waals surface area contributed by atoms with Crippen LogP contribution >= 0.6 is 23.2 Å². The molecule has 1 aliphatic heterocycles. The van der Waals surface area contributed by atoms with Crippen LogP contribution in [0.3, 0.4) is 0 Å². The van der Waals surface area contributed by atoms with Crippen LogP contribution in [0, 0.1) is 5.41 Å². The van der Waals surface area contributed by atoms with Crippen LogP contribution in [0.1, 0.15) is 13.3 Å². The highest BCUT2D eigenvalue weighted by molar-refractivity contribution is 6.42. The molecule has 20 heavy (non-hydrogen) atoms. The van der Waals surface area contributed by atoms with Gasteiger partial charge in [-0.15, -0.1) is 0 Å². The quantitative estimate of drug-likeness (QED) is 0.928. The summed E-state index contributed by atoms with van der Waals surface area (Å²) in [5, 5.41) is 0.872. The van der Waals surface area contributed by atoms with E-state index in [-0.39, 0.29) is 17.9 Å². The molecule has 0 saturated carbocycles. The van der Waals surface area contributed by atoms with Crippen molar-refractivity contribution in [3.8, 4) is 5.75 Å². The van der Waals surface area contributed by atoms with Crippen molar-refractivity contribution in [1.29, 1.82) is 0 Å². The molecule has 6 heteroatoms. The minimum Gasteiger partial charge on any atom is -0.484 e. The lowest BCUT2D eigenvalue weighted by atomic mass is 9.90. The van der Waals surface area contributed by atoms with E-state index < -0.39 is 0 Å². The first kappa shape index (κ1) is 15.4. The fourth-order valence-electron chi connectivity index (χ4n) is 2.21. The number of nitrogens with two attached hydrogens (primary N) is 1. The first-order chi connectivity index (χ1) is 9.43. The third kappa shape index (κ3) is 3.57. The van der Waals surface area contributed by atoms with Crippen LogP contribution in [0.2, 0.25) is 10.0 Å². The zero-order valence-corrected chi connectivity index (χ0v) is 12.9. The number of benzene rings is 1. The van der Waals surface area contributed by atoms with E-state index in [1.165, 1.54) is 0 Å². The molecule has 110 valence electrons. The van der Waals surface area contributed by atoms with Crippen molar-refractivity contribution >= 4 is 29.1 Å². The zero-order chi connectivity index (χ0) is 14.8. The third-order valence-electron chi connectivity index (χ3n) is 3.66. The summed E-state index contributed by atoms with van der Waals surface area (Å²) in [6.45, 7) is 4.10. The second-order valence-corrected chi connectivity index (χ2v) is 6.26. The van der Waals surface area contributed by atoms with Gasteiger partial charge >= 0.3 is 0 Å². The fraction of sp³-hybridized carbons (Fsp3) is 0.500. The number of amides is 1. The highest BCUT2D eigenvalue weighted by Crippen LogP contribution is 2.29. The second kappa shape index (κ2) is 6.20. The van der Waals surface area contributed by atoms with Crippen molar-refractivity contribution in [3.05, 3.63) is 28.2 Å². The Balaban J connectivity index is 1.88. The molecule has 1 atom stereocenters. The molecule has 1 heterocycles. The van der Waals surface area contributed by atoms with Crippen molar-refractivity contribution in [3.63, 3.8) is 0 Å². The molecule has 0 radical (unpaired) electrons. The van der Waals surface area contributed by atoms with Crippen molar-refractivity contribution in [2.75, 3.05) is 26.2 Å². The Morgan fingerprint density at radius 1 is 1.45 bits per heavy atom. The standard InChI is InChI=1S/C14H18Cl2N2O2/c1-14(8-17)4-5-18(9-14)13(19)7-20-10-2-3-11(15)12(16)6-10/h2-3,6H,4-5,7-9,17H2,1H3. The van der Waals surface area contributed by atoms with Gasteiger partial charge in [-0.05, 0) is 30.5 Å². The zero-order valence-electron chi connectivity index (χ0n) is 11.4. The fourth-order valence-corrected chi connectivity index (χ4v) is 2.49. The SMILES string of the molecule is CC1(CN)CCN(C(=O)COc2ccc(Cl)c(Cl)c2)C1. The number of hydrogen-bond acceptors (Lipinski definition) is 3. The maximum atomic E-state index is 12.1. The van der Waals surface area contributed by atoms with E-state index in [0.717, 1.165) is 13.0 Å². The summed E-state index contributed by atoms with van der Waals surface area (Å²) in [6.07, 6.45) is 0.933. The molecular formula is C14H18Cl2N2O2. The Labute approximate surface area is 128 Å². The maximum Gasteiger partial charge on any atom is 0.260 e. The van der Waals surface area contributed by atoms with Crippen molar-refractivity contribution in [2.45, 2.75) is 13.3 Å². The van der Waals surface area contributed by atoms with Crippen molar-refractivity contribution < 1.29 is 9.53 Å². The van der Waals surface area contributed by atoms with Gasteiger partial charge in [-0.2, -0.15) is 0 Å². The van der Waals surface area contributed by atoms with E-state index in [0.29, 0.717) is 28.9 Å². The molecule has 0 aromatic heterocycles. The highest BCUT2D eigenvalue weighted by atomic mass is 35.5. The molecule has 1 aromatic rings. The Morgan fingerprint density at radius 3 is 2.80 bits per heavy atom. The predicted octanol–water partition coefficient (Wildman–Crippen LogP) is 2.57. The minimum absolute atomic E-state index is 0.00138. The number of carbonyl (C=O) groups is 1. The smallest absolute Gasteiger partial charge is 0.260 e. The monoisotopic (exact) mass is 316 g/mol. The van der Waals surface area contributed by atoms with Gasteiger partial charge in [-0.1, -0.05) is 30.1 Å². The Kier molecular flexibility index (Phi) is 4.78. The second-order valence-electron chi connectivity index (χ2n) is 5.44. The van der Waals surface area contributed by atoms with Crippen LogP contribution < -0.4 is 10.5 Å². The first-order valence-electron chi connectivity index (χ1n) is 6.49. The summed E-state index contributed by atoms with van der Waals surface area (Å²) in [5.41, 5.74) is 5.76. The van der Waals surface area contributed by atoms with Gasteiger partial charge in [0.25, 0.3) is 5.91 Å². The molecule has 4 nitrogen and oxygen atoms in total. The number of rotatable bonds is 4. The summed E-state index contributed by atoms with van der Waals surface area (Å²) in [6, 6.07) is 4.94. The summed E-state index contributed by atoms with van der Waals surface area (Å²) >= 11 is 11.7. The van der Waals surface area contributed by atoms with Gasteiger partial charge in [-0.25, -0.2) is 0 Å². The molecule has 2 rings (SSSR count). The molecule has 0 spiro atoms. The van der Waals surface area contributed by atoms with Crippen LogP contribution in [0.15, 0.2) is 18.2 Å². The Morgan fingerprint density at radius 2 is 2.20 bits per heavy atom. The van der Waals surface area contributed by atoms with E-state index in [4.69, 9.17) is 33.7 Å². The molecule has 1 unspecified atom stereocenters. The normalized spacial score (nSPS) is 22.1. The molecule has 0 aliphatic carbocycles. The van der Waals surface area contributed by atoms with Gasteiger partial charge in [0.2, 0.25) is 0 Å². The van der Waals surface area contributed by atoms with Gasteiger partial charge in [0, 0.05) is 19.2 Å². The van der Waals surface area contributed by atoms with Crippen LogP contribution in [-0.2, 0) is 4.79 Å². The molecule has 1 fully saturated rings. The van der Waals surface area contributed by atoms with Crippen molar-refractivity contribution in [1.82, 2.24) is 4.90 Å². The van der Waals surface area contributed by atoms with Gasteiger partial charge in [0.15, 0.2) is 6.61 Å². The summed E-state index contributed by atoms with van der Waals surface area (Å²) < 4.78 is 5.45. The molecule has 1 aromatic carbocycles. The summed E-state index contributed by atoms with van der Waals surface area (Å²) in [7, 11) is 0. The largest absolute Gasteiger partial charge is 0.484 e. The van der Waals surface area contributed by atoms with E-state index in [9.17, 15) is 4.79 Å². The predicted molar refractivity (Wildman–Crippen MR) is 80.3 cm³/mol. The third-order valence-corrected chi connectivity index (χ3v) is 4.40. The molecule has 1 amide bonds. The van der Waals surface area contributed by atoms with Gasteiger partial charge in [0.1, 0.15) is 5.75 Å². The molecule has 0 bridgehead atoms. The maximum absolute atomic E-state index is 12.1. The van der Waals surface area contributed by atoms with E-state index in [1.54, 1.807) is 23.1 Å². The van der Waals surface area contributed by atoms with Gasteiger partial charge in [-0.3, -0.25) is 4.79 Å². The average molecular weight is 317 g/mol. The number of nitrogens with zero attached hydrogens (tertiary/aromatic N) is 1. The summed E-state index contributed by atoms with van der Waals surface area (Å²) in [4.78, 5) is 13.9. The number of likely N-dealkylation sites (tertiary alicyclic amines) is 1. The van der Waals surface area contributed by atoms with Gasteiger partial charge in [0.05, 0.1) is 10.0 Å². The van der Waals surface area contributed by atoms with Gasteiger partial charge < -0.3 is 15.4 Å². The van der Waals surface area contributed by atoms with Crippen molar-refractivity contribution in [2.24, 2.45) is 11.1 Å². The lowest BCUT2D eigenvalue weighted by Crippen LogP contribution is -2.36. The average Bonchev–Trinajstić information content (AvgIpc) is 2.83. The molecule has 2 N–H and O–H groups in total. The number of hydrogen-bond donors (Lipinski definition) is 1. The number of ether oxygens (including phenoxy) is 1. The van der Waals surface area contributed by atoms with Crippen LogP contribution in [0.4, 0.5) is 0 Å². The topological polar surface area (TPSA) is 55.6 Å². The Bertz CT molecular complexity index is 510. The molecule has 1 aliphatic rings. The Hall–Kier alpha value is -0.970. The number of halogens is 2. The van der Waals surface area contributed by atoms with Crippen LogP contribution in [-0.4, -0.2) is 37.0 Å². The lowest BCUT2D eigenvalue weighted by molar-refractivity contribution is -0.132. The number of carbonyl (C=O) groups excluding carboxylic acids is 1. The molecular weight excluding hydrogens is 299 g/mol. The first-order valence-corrected chi connectivity index (χ1v) is 7.25.